The molecule has 22 heavy (non-hydrogen) atoms. The molecule has 3 nitrogen and oxygen atoms in total. The number of hydrogen-bond acceptors (Lipinski definition) is 3. The van der Waals surface area contributed by atoms with E-state index in [1.54, 1.807) is 0 Å². The molecule has 0 aromatic rings. The van der Waals surface area contributed by atoms with Gasteiger partial charge < -0.3 is 9.47 Å². The van der Waals surface area contributed by atoms with Gasteiger partial charge in [-0.3, -0.25) is 4.79 Å². The van der Waals surface area contributed by atoms with Crippen molar-refractivity contribution in [3.63, 3.8) is 0 Å². The summed E-state index contributed by atoms with van der Waals surface area (Å²) >= 11 is 0. The molecule has 1 aliphatic heterocycles. The van der Waals surface area contributed by atoms with Gasteiger partial charge >= 0.3 is 0 Å². The molecule has 0 amide bonds. The Kier molecular flexibility index (Phi) is 9.76. The highest BCUT2D eigenvalue weighted by atomic mass is 16.7. The van der Waals surface area contributed by atoms with E-state index >= 15 is 0 Å². The van der Waals surface area contributed by atoms with Crippen molar-refractivity contribution in [3.8, 4) is 0 Å². The summed E-state index contributed by atoms with van der Waals surface area (Å²) < 4.78 is 11.2. The molecule has 0 aromatic carbocycles. The minimum Gasteiger partial charge on any atom is -0.353 e. The zero-order valence-electron chi connectivity index (χ0n) is 14.1. The monoisotopic (exact) mass is 306 g/mol. The van der Waals surface area contributed by atoms with Crippen LogP contribution in [0, 0.1) is 0 Å². The van der Waals surface area contributed by atoms with Crippen molar-refractivity contribution >= 4 is 5.78 Å². The second-order valence-electron chi connectivity index (χ2n) is 5.94. The molecule has 3 heteroatoms. The van der Waals surface area contributed by atoms with Gasteiger partial charge in [0.1, 0.15) is 0 Å². The van der Waals surface area contributed by atoms with Crippen LogP contribution in [0.2, 0.25) is 0 Å². The maximum Gasteiger partial charge on any atom is 0.157 e. The van der Waals surface area contributed by atoms with E-state index < -0.39 is 0 Å². The van der Waals surface area contributed by atoms with Gasteiger partial charge in [-0.05, 0) is 58.4 Å². The van der Waals surface area contributed by atoms with E-state index in [1.165, 1.54) is 23.6 Å². The zero-order valence-corrected chi connectivity index (χ0v) is 14.1. The number of rotatable bonds is 10. The van der Waals surface area contributed by atoms with Crippen molar-refractivity contribution in [2.45, 2.75) is 65.1 Å². The number of carbonyl (C=O) groups excluding carboxylic acids is 1. The van der Waals surface area contributed by atoms with E-state index in [0.717, 1.165) is 38.7 Å². The molecule has 1 rings (SSSR count). The second kappa shape index (κ2) is 11.4. The Bertz CT molecular complexity index is 401. The first-order valence-electron chi connectivity index (χ1n) is 8.31. The highest BCUT2D eigenvalue weighted by molar-refractivity contribution is 5.89. The quantitative estimate of drug-likeness (QED) is 0.432. The summed E-state index contributed by atoms with van der Waals surface area (Å²) in [6, 6.07) is 0. The molecule has 1 unspecified atom stereocenters. The van der Waals surface area contributed by atoms with Crippen LogP contribution in [0.1, 0.15) is 58.8 Å². The van der Waals surface area contributed by atoms with E-state index in [1.807, 2.05) is 0 Å². The summed E-state index contributed by atoms with van der Waals surface area (Å²) in [4.78, 5) is 11.2. The van der Waals surface area contributed by atoms with E-state index in [2.05, 4.69) is 32.6 Å². The molecule has 0 bridgehead atoms. The first-order valence-corrected chi connectivity index (χ1v) is 8.31. The largest absolute Gasteiger partial charge is 0.353 e. The normalized spacial score (nSPS) is 20.0. The summed E-state index contributed by atoms with van der Waals surface area (Å²) in [6.07, 6.45) is 12.5. The van der Waals surface area contributed by atoms with Crippen molar-refractivity contribution in [3.05, 3.63) is 36.0 Å². The molecule has 1 atom stereocenters. The Morgan fingerprint density at radius 1 is 1.18 bits per heavy atom. The minimum absolute atomic E-state index is 0.0117. The lowest BCUT2D eigenvalue weighted by Crippen LogP contribution is -2.22. The molecule has 0 N–H and O–H groups in total. The Morgan fingerprint density at radius 2 is 1.95 bits per heavy atom. The molecule has 1 saturated heterocycles. The molecular formula is C19H30O3. The molecule has 0 spiro atoms. The van der Waals surface area contributed by atoms with Crippen molar-refractivity contribution in [2.24, 2.45) is 0 Å². The number of allylic oxidation sites excluding steroid dienone is 4. The number of ketones is 1. The van der Waals surface area contributed by atoms with Gasteiger partial charge in [0.2, 0.25) is 0 Å². The summed E-state index contributed by atoms with van der Waals surface area (Å²) in [5.74, 6) is 0.117. The van der Waals surface area contributed by atoms with Crippen LogP contribution in [-0.2, 0) is 14.3 Å². The van der Waals surface area contributed by atoms with Crippen LogP contribution in [0.25, 0.3) is 0 Å². The molecule has 1 aliphatic rings. The molecule has 0 aromatic heterocycles. The molecule has 124 valence electrons. The lowest BCUT2D eigenvalue weighted by molar-refractivity contribution is -0.155. The highest BCUT2D eigenvalue weighted by Crippen LogP contribution is 2.14. The Labute approximate surface area is 135 Å². The van der Waals surface area contributed by atoms with Crippen LogP contribution >= 0.6 is 0 Å². The predicted octanol–water partition coefficient (Wildman–Crippen LogP) is 4.74. The van der Waals surface area contributed by atoms with Crippen molar-refractivity contribution in [2.75, 3.05) is 13.2 Å². The van der Waals surface area contributed by atoms with Crippen molar-refractivity contribution in [1.82, 2.24) is 0 Å². The van der Waals surface area contributed by atoms with Gasteiger partial charge in [0, 0.05) is 13.0 Å². The maximum absolute atomic E-state index is 11.2. The molecule has 0 saturated carbocycles. The van der Waals surface area contributed by atoms with E-state index in [4.69, 9.17) is 9.47 Å². The summed E-state index contributed by atoms with van der Waals surface area (Å²) in [6.45, 7) is 9.16. The first kappa shape index (κ1) is 18.9. The van der Waals surface area contributed by atoms with Crippen LogP contribution in [0.5, 0.6) is 0 Å². The fraction of sp³-hybridized carbons (Fsp3) is 0.632. The maximum atomic E-state index is 11.2. The lowest BCUT2D eigenvalue weighted by atomic mass is 10.1. The van der Waals surface area contributed by atoms with Gasteiger partial charge in [-0.15, -0.1) is 0 Å². The SMILES string of the molecule is C=CC(=O)CCC(C)=CCCC(C)=CCOC1CCCCO1. The third-order valence-electron chi connectivity index (χ3n) is 3.88. The first-order chi connectivity index (χ1) is 10.6. The van der Waals surface area contributed by atoms with E-state index in [9.17, 15) is 4.79 Å². The third-order valence-corrected chi connectivity index (χ3v) is 3.88. The van der Waals surface area contributed by atoms with Gasteiger partial charge in [-0.1, -0.05) is 29.9 Å². The van der Waals surface area contributed by atoms with Gasteiger partial charge in [-0.25, -0.2) is 0 Å². The third kappa shape index (κ3) is 8.96. The summed E-state index contributed by atoms with van der Waals surface area (Å²) in [7, 11) is 0. The fourth-order valence-corrected chi connectivity index (χ4v) is 2.31. The van der Waals surface area contributed by atoms with Gasteiger partial charge in [0.05, 0.1) is 6.61 Å². The van der Waals surface area contributed by atoms with Gasteiger partial charge in [-0.2, -0.15) is 0 Å². The number of carbonyl (C=O) groups is 1. The molecule has 1 fully saturated rings. The second-order valence-corrected chi connectivity index (χ2v) is 5.94. The van der Waals surface area contributed by atoms with E-state index in [0.29, 0.717) is 13.0 Å². The minimum atomic E-state index is -0.0117. The van der Waals surface area contributed by atoms with Crippen LogP contribution in [0.4, 0.5) is 0 Å². The zero-order chi connectivity index (χ0) is 16.2. The van der Waals surface area contributed by atoms with Crippen molar-refractivity contribution in [1.29, 1.82) is 0 Å². The number of hydrogen-bond donors (Lipinski definition) is 0. The standard InChI is InChI=1S/C19H30O3/c1-4-18(20)12-11-16(2)8-7-9-17(3)13-15-22-19-10-5-6-14-21-19/h4,8,13,19H,1,5-7,9-12,14-15H2,2-3H3. The number of ether oxygens (including phenoxy) is 2. The Balaban J connectivity index is 2.15. The van der Waals surface area contributed by atoms with Crippen LogP contribution in [0.15, 0.2) is 36.0 Å². The summed E-state index contributed by atoms with van der Waals surface area (Å²) in [5, 5.41) is 0. The van der Waals surface area contributed by atoms with E-state index in [-0.39, 0.29) is 12.1 Å². The average Bonchev–Trinajstić information content (AvgIpc) is 2.53. The van der Waals surface area contributed by atoms with Gasteiger partial charge in [0.15, 0.2) is 12.1 Å². The van der Waals surface area contributed by atoms with Crippen LogP contribution < -0.4 is 0 Å². The molecule has 0 radical (unpaired) electrons. The summed E-state index contributed by atoms with van der Waals surface area (Å²) in [5.41, 5.74) is 2.61. The molecular weight excluding hydrogens is 276 g/mol. The van der Waals surface area contributed by atoms with Gasteiger partial charge in [0.25, 0.3) is 0 Å². The topological polar surface area (TPSA) is 35.5 Å². The fourth-order valence-electron chi connectivity index (χ4n) is 2.31. The Hall–Kier alpha value is -1.19. The Morgan fingerprint density at radius 3 is 2.64 bits per heavy atom. The molecule has 1 heterocycles. The van der Waals surface area contributed by atoms with Crippen LogP contribution in [-0.4, -0.2) is 25.3 Å². The average molecular weight is 306 g/mol. The smallest absolute Gasteiger partial charge is 0.157 e. The van der Waals surface area contributed by atoms with Crippen LogP contribution in [0.3, 0.4) is 0 Å². The lowest BCUT2D eigenvalue weighted by Gasteiger charge is -2.22. The molecule has 0 aliphatic carbocycles. The highest BCUT2D eigenvalue weighted by Gasteiger charge is 2.12. The van der Waals surface area contributed by atoms with Crippen molar-refractivity contribution < 1.29 is 14.3 Å². The predicted molar refractivity (Wildman–Crippen MR) is 90.7 cm³/mol.